The van der Waals surface area contributed by atoms with Crippen molar-refractivity contribution in [2.75, 3.05) is 6.61 Å². The lowest BCUT2D eigenvalue weighted by Crippen LogP contribution is -2.13. The molecule has 0 amide bonds. The molecule has 0 fully saturated rings. The van der Waals surface area contributed by atoms with Gasteiger partial charge in [0.05, 0.1) is 11.3 Å². The number of ketones is 1. The Hall–Kier alpha value is -3.44. The van der Waals surface area contributed by atoms with Crippen LogP contribution in [0.25, 0.3) is 28.2 Å². The van der Waals surface area contributed by atoms with Gasteiger partial charge in [0.25, 0.3) is 0 Å². The number of thiophene rings is 1. The Morgan fingerprint density at radius 3 is 2.52 bits per heavy atom. The summed E-state index contributed by atoms with van der Waals surface area (Å²) in [6.07, 6.45) is 3.03. The SMILES string of the molecule is Cn1c(-c2ccccc2)c(C(=O)COC(=O)/C=C/c2cccs2)c2ccccc21. The highest BCUT2D eigenvalue weighted by Gasteiger charge is 2.22. The Morgan fingerprint density at radius 2 is 1.76 bits per heavy atom. The van der Waals surface area contributed by atoms with E-state index in [2.05, 4.69) is 0 Å². The number of Topliss-reactive ketones (excluding diaryl/α,β-unsaturated/α-hetero) is 1. The predicted molar refractivity (Wildman–Crippen MR) is 117 cm³/mol. The van der Waals surface area contributed by atoms with E-state index >= 15 is 0 Å². The Balaban J connectivity index is 1.63. The first-order valence-electron chi connectivity index (χ1n) is 9.19. The molecule has 29 heavy (non-hydrogen) atoms. The van der Waals surface area contributed by atoms with E-state index in [1.54, 1.807) is 6.08 Å². The molecule has 0 saturated carbocycles. The maximum Gasteiger partial charge on any atom is 0.331 e. The van der Waals surface area contributed by atoms with Gasteiger partial charge >= 0.3 is 5.97 Å². The molecule has 0 aliphatic rings. The second-order valence-corrected chi connectivity index (χ2v) is 7.52. The third kappa shape index (κ3) is 3.91. The van der Waals surface area contributed by atoms with Crippen molar-refractivity contribution < 1.29 is 14.3 Å². The molecule has 0 N–H and O–H groups in total. The summed E-state index contributed by atoms with van der Waals surface area (Å²) in [5.74, 6) is -0.758. The molecule has 0 bridgehead atoms. The van der Waals surface area contributed by atoms with Gasteiger partial charge < -0.3 is 9.30 Å². The van der Waals surface area contributed by atoms with E-state index in [1.165, 1.54) is 17.4 Å². The average molecular weight is 401 g/mol. The van der Waals surface area contributed by atoms with Crippen LogP contribution in [0.4, 0.5) is 0 Å². The van der Waals surface area contributed by atoms with Crippen LogP contribution in [-0.4, -0.2) is 22.9 Å². The van der Waals surface area contributed by atoms with Crippen LogP contribution in [0.3, 0.4) is 0 Å². The topological polar surface area (TPSA) is 48.3 Å². The van der Waals surface area contributed by atoms with Crippen molar-refractivity contribution in [3.8, 4) is 11.3 Å². The highest BCUT2D eigenvalue weighted by molar-refractivity contribution is 7.10. The summed E-state index contributed by atoms with van der Waals surface area (Å²) in [6.45, 7) is -0.304. The van der Waals surface area contributed by atoms with E-state index in [9.17, 15) is 9.59 Å². The minimum absolute atomic E-state index is 0.224. The van der Waals surface area contributed by atoms with Crippen LogP contribution >= 0.6 is 11.3 Å². The van der Waals surface area contributed by atoms with Gasteiger partial charge in [0.2, 0.25) is 5.78 Å². The molecule has 4 aromatic rings. The van der Waals surface area contributed by atoms with Crippen LogP contribution in [0.2, 0.25) is 0 Å². The van der Waals surface area contributed by atoms with Gasteiger partial charge in [-0.1, -0.05) is 54.6 Å². The number of aryl methyl sites for hydroxylation is 1. The number of carbonyl (C=O) groups is 2. The van der Waals surface area contributed by atoms with Crippen molar-refractivity contribution in [3.05, 3.63) is 88.6 Å². The lowest BCUT2D eigenvalue weighted by Gasteiger charge is -2.08. The van der Waals surface area contributed by atoms with Gasteiger partial charge in [-0.3, -0.25) is 4.79 Å². The molecule has 0 aliphatic heterocycles. The second-order valence-electron chi connectivity index (χ2n) is 6.55. The first-order valence-corrected chi connectivity index (χ1v) is 10.1. The highest BCUT2D eigenvalue weighted by atomic mass is 32.1. The Labute approximate surface area is 172 Å². The van der Waals surface area contributed by atoms with Crippen molar-refractivity contribution in [2.45, 2.75) is 0 Å². The monoisotopic (exact) mass is 401 g/mol. The van der Waals surface area contributed by atoms with Crippen LogP contribution < -0.4 is 0 Å². The largest absolute Gasteiger partial charge is 0.454 e. The summed E-state index contributed by atoms with van der Waals surface area (Å²) in [6, 6.07) is 21.3. The van der Waals surface area contributed by atoms with E-state index in [0.717, 1.165) is 27.0 Å². The van der Waals surface area contributed by atoms with Gasteiger partial charge in [0.15, 0.2) is 6.61 Å². The fraction of sp³-hybridized carbons (Fsp3) is 0.0833. The third-order valence-corrected chi connectivity index (χ3v) is 5.54. The number of fused-ring (bicyclic) bond motifs is 1. The smallest absolute Gasteiger partial charge is 0.331 e. The number of esters is 1. The lowest BCUT2D eigenvalue weighted by atomic mass is 10.0. The van der Waals surface area contributed by atoms with E-state index in [4.69, 9.17) is 4.74 Å². The molecule has 0 saturated heterocycles. The fourth-order valence-electron chi connectivity index (χ4n) is 3.40. The van der Waals surface area contributed by atoms with Gasteiger partial charge in [-0.25, -0.2) is 4.79 Å². The molecule has 0 aliphatic carbocycles. The molecular formula is C24H19NO3S. The van der Waals surface area contributed by atoms with Crippen molar-refractivity contribution in [1.82, 2.24) is 4.57 Å². The molecular weight excluding hydrogens is 382 g/mol. The van der Waals surface area contributed by atoms with E-state index in [0.29, 0.717) is 5.56 Å². The minimum Gasteiger partial charge on any atom is -0.454 e. The number of hydrogen-bond donors (Lipinski definition) is 0. The van der Waals surface area contributed by atoms with Crippen LogP contribution in [0.15, 0.2) is 78.2 Å². The Kier molecular flexibility index (Phi) is 5.40. The van der Waals surface area contributed by atoms with Crippen LogP contribution in [0.5, 0.6) is 0 Å². The van der Waals surface area contributed by atoms with Gasteiger partial charge in [-0.2, -0.15) is 0 Å². The first kappa shape index (κ1) is 18.9. The quantitative estimate of drug-likeness (QED) is 0.249. The standard InChI is InChI=1S/C24H19NO3S/c1-25-20-12-6-5-11-19(20)23(24(25)17-8-3-2-4-9-17)21(26)16-28-22(27)14-13-18-10-7-15-29-18/h2-15H,16H2,1H3/b14-13+. The number of para-hydroxylation sites is 1. The van der Waals surface area contributed by atoms with Crippen molar-refractivity contribution in [3.63, 3.8) is 0 Å². The molecule has 4 rings (SSSR count). The maximum atomic E-state index is 13.1. The Bertz CT molecular complexity index is 1190. The zero-order chi connectivity index (χ0) is 20.2. The molecule has 2 aromatic heterocycles. The number of rotatable bonds is 6. The number of benzene rings is 2. The fourth-order valence-corrected chi connectivity index (χ4v) is 4.02. The molecule has 2 heterocycles. The Morgan fingerprint density at radius 1 is 1.00 bits per heavy atom. The van der Waals surface area contributed by atoms with Crippen LogP contribution in [0.1, 0.15) is 15.2 Å². The van der Waals surface area contributed by atoms with Crippen LogP contribution in [-0.2, 0) is 16.6 Å². The summed E-state index contributed by atoms with van der Waals surface area (Å²) >= 11 is 1.53. The molecule has 0 spiro atoms. The number of ether oxygens (including phenoxy) is 1. The maximum absolute atomic E-state index is 13.1. The predicted octanol–water partition coefficient (Wildman–Crippen LogP) is 5.35. The summed E-state index contributed by atoms with van der Waals surface area (Å²) in [4.78, 5) is 26.1. The highest BCUT2D eigenvalue weighted by Crippen LogP contribution is 2.33. The van der Waals surface area contributed by atoms with Crippen molar-refractivity contribution >= 4 is 40.1 Å². The molecule has 4 nitrogen and oxygen atoms in total. The minimum atomic E-state index is -0.534. The zero-order valence-corrected chi connectivity index (χ0v) is 16.7. The van der Waals surface area contributed by atoms with E-state index in [1.807, 2.05) is 83.7 Å². The van der Waals surface area contributed by atoms with Gasteiger partial charge in [-0.05, 0) is 29.2 Å². The van der Waals surface area contributed by atoms with Crippen LogP contribution in [0, 0.1) is 0 Å². The first-order chi connectivity index (χ1) is 14.1. The van der Waals surface area contributed by atoms with Crippen molar-refractivity contribution in [1.29, 1.82) is 0 Å². The van der Waals surface area contributed by atoms with Gasteiger partial charge in [0.1, 0.15) is 0 Å². The third-order valence-electron chi connectivity index (χ3n) is 4.71. The average Bonchev–Trinajstić information content (AvgIpc) is 3.38. The number of hydrogen-bond acceptors (Lipinski definition) is 4. The summed E-state index contributed by atoms with van der Waals surface area (Å²) in [5, 5.41) is 2.78. The summed E-state index contributed by atoms with van der Waals surface area (Å²) in [5.41, 5.74) is 3.29. The molecule has 144 valence electrons. The summed E-state index contributed by atoms with van der Waals surface area (Å²) < 4.78 is 7.24. The van der Waals surface area contributed by atoms with Gasteiger partial charge in [-0.15, -0.1) is 11.3 Å². The zero-order valence-electron chi connectivity index (χ0n) is 15.9. The van der Waals surface area contributed by atoms with Gasteiger partial charge in [0, 0.05) is 28.9 Å². The normalized spacial score (nSPS) is 11.2. The van der Waals surface area contributed by atoms with E-state index in [-0.39, 0.29) is 12.4 Å². The second kappa shape index (κ2) is 8.29. The number of aromatic nitrogens is 1. The summed E-state index contributed by atoms with van der Waals surface area (Å²) in [7, 11) is 1.94. The number of carbonyl (C=O) groups excluding carboxylic acids is 2. The molecule has 5 heteroatoms. The molecule has 0 atom stereocenters. The molecule has 0 radical (unpaired) electrons. The number of nitrogens with zero attached hydrogens (tertiary/aromatic N) is 1. The van der Waals surface area contributed by atoms with E-state index < -0.39 is 5.97 Å². The lowest BCUT2D eigenvalue weighted by molar-refractivity contribution is -0.136. The van der Waals surface area contributed by atoms with Crippen molar-refractivity contribution in [2.24, 2.45) is 7.05 Å². The molecule has 0 unspecified atom stereocenters. The molecule has 2 aromatic carbocycles.